The van der Waals surface area contributed by atoms with Gasteiger partial charge in [0.05, 0.1) is 5.41 Å². The Morgan fingerprint density at radius 3 is 2.48 bits per heavy atom. The van der Waals surface area contributed by atoms with E-state index in [1.54, 1.807) is 13.8 Å². The minimum atomic E-state index is -0.840. The molecule has 138 valence electrons. The van der Waals surface area contributed by atoms with Crippen molar-refractivity contribution in [2.45, 2.75) is 58.6 Å². The molecular formula is C19H28N2O4. The number of carbonyl (C=O) groups excluding carboxylic acids is 2. The molecule has 0 aliphatic heterocycles. The van der Waals surface area contributed by atoms with E-state index in [1.807, 2.05) is 30.3 Å². The summed E-state index contributed by atoms with van der Waals surface area (Å²) in [4.78, 5) is 29.2. The van der Waals surface area contributed by atoms with E-state index in [0.29, 0.717) is 0 Å². The van der Waals surface area contributed by atoms with Crippen molar-refractivity contribution in [2.75, 3.05) is 6.54 Å². The van der Waals surface area contributed by atoms with E-state index >= 15 is 0 Å². The third-order valence-electron chi connectivity index (χ3n) is 4.36. The molecule has 0 aromatic heterocycles. The SMILES string of the molecule is CC(C)(CNC(=O)OCc1ccccc1)C(=O)ONC1CCCCC1. The van der Waals surface area contributed by atoms with Crippen LogP contribution >= 0.6 is 0 Å². The van der Waals surface area contributed by atoms with E-state index in [4.69, 9.17) is 9.57 Å². The Labute approximate surface area is 149 Å². The van der Waals surface area contributed by atoms with Crippen molar-refractivity contribution in [1.29, 1.82) is 0 Å². The van der Waals surface area contributed by atoms with Gasteiger partial charge in [-0.2, -0.15) is 5.48 Å². The highest BCUT2D eigenvalue weighted by Gasteiger charge is 2.31. The first-order valence-corrected chi connectivity index (χ1v) is 8.89. The predicted octanol–water partition coefficient (Wildman–Crippen LogP) is 3.32. The van der Waals surface area contributed by atoms with Gasteiger partial charge in [-0.05, 0) is 32.3 Å². The largest absolute Gasteiger partial charge is 0.445 e. The molecule has 1 aromatic rings. The quantitative estimate of drug-likeness (QED) is 0.739. The molecule has 2 N–H and O–H groups in total. The number of benzene rings is 1. The highest BCUT2D eigenvalue weighted by atomic mass is 16.7. The summed E-state index contributed by atoms with van der Waals surface area (Å²) in [5.41, 5.74) is 2.94. The molecule has 0 heterocycles. The van der Waals surface area contributed by atoms with Gasteiger partial charge in [0, 0.05) is 12.6 Å². The molecule has 2 rings (SSSR count). The Balaban J connectivity index is 1.68. The lowest BCUT2D eigenvalue weighted by molar-refractivity contribution is -0.164. The number of hydroxylamine groups is 1. The highest BCUT2D eigenvalue weighted by Crippen LogP contribution is 2.19. The molecule has 6 nitrogen and oxygen atoms in total. The van der Waals surface area contributed by atoms with Gasteiger partial charge in [-0.1, -0.05) is 49.6 Å². The van der Waals surface area contributed by atoms with Gasteiger partial charge in [-0.3, -0.25) is 0 Å². The van der Waals surface area contributed by atoms with Gasteiger partial charge in [-0.15, -0.1) is 0 Å². The Kier molecular flexibility index (Phi) is 7.25. The zero-order chi connectivity index (χ0) is 18.1. The summed E-state index contributed by atoms with van der Waals surface area (Å²) in [6.45, 7) is 3.80. The van der Waals surface area contributed by atoms with Gasteiger partial charge in [0.15, 0.2) is 0 Å². The summed E-state index contributed by atoms with van der Waals surface area (Å²) in [5, 5.41) is 2.62. The van der Waals surface area contributed by atoms with E-state index in [0.717, 1.165) is 31.2 Å². The fourth-order valence-corrected chi connectivity index (χ4v) is 2.63. The van der Waals surface area contributed by atoms with E-state index in [9.17, 15) is 9.59 Å². The summed E-state index contributed by atoms with van der Waals surface area (Å²) >= 11 is 0. The van der Waals surface area contributed by atoms with E-state index in [-0.39, 0.29) is 25.2 Å². The Morgan fingerprint density at radius 2 is 1.80 bits per heavy atom. The van der Waals surface area contributed by atoms with Crippen molar-refractivity contribution in [3.05, 3.63) is 35.9 Å². The van der Waals surface area contributed by atoms with Crippen LogP contribution < -0.4 is 10.8 Å². The average molecular weight is 348 g/mol. The number of rotatable bonds is 7. The molecule has 0 radical (unpaired) electrons. The molecule has 1 fully saturated rings. The van der Waals surface area contributed by atoms with Crippen molar-refractivity contribution < 1.29 is 19.2 Å². The van der Waals surface area contributed by atoms with Gasteiger partial charge in [0.1, 0.15) is 6.61 Å². The first kappa shape index (κ1) is 19.2. The van der Waals surface area contributed by atoms with Crippen LogP contribution in [0.5, 0.6) is 0 Å². The van der Waals surface area contributed by atoms with Crippen LogP contribution in [0.4, 0.5) is 4.79 Å². The first-order valence-electron chi connectivity index (χ1n) is 8.89. The molecule has 1 aliphatic carbocycles. The van der Waals surface area contributed by atoms with Crippen LogP contribution in [-0.4, -0.2) is 24.6 Å². The van der Waals surface area contributed by atoms with E-state index in [2.05, 4.69) is 10.8 Å². The summed E-state index contributed by atoms with van der Waals surface area (Å²) in [7, 11) is 0. The molecule has 25 heavy (non-hydrogen) atoms. The summed E-state index contributed by atoms with van der Waals surface area (Å²) in [5.74, 6) is -0.388. The first-order chi connectivity index (χ1) is 12.0. The zero-order valence-electron chi connectivity index (χ0n) is 15.0. The molecule has 1 amide bonds. The number of carbonyl (C=O) groups is 2. The number of nitrogens with one attached hydrogen (secondary N) is 2. The van der Waals surface area contributed by atoms with Crippen LogP contribution in [0.1, 0.15) is 51.5 Å². The second-order valence-electron chi connectivity index (χ2n) is 7.14. The Bertz CT molecular complexity index is 554. The number of amides is 1. The fraction of sp³-hybridized carbons (Fsp3) is 0.579. The van der Waals surface area contributed by atoms with E-state index in [1.165, 1.54) is 6.42 Å². The normalized spacial score (nSPS) is 15.4. The maximum Gasteiger partial charge on any atom is 0.407 e. The molecule has 0 unspecified atom stereocenters. The number of hydrogen-bond acceptors (Lipinski definition) is 5. The van der Waals surface area contributed by atoms with E-state index < -0.39 is 11.5 Å². The third kappa shape index (κ3) is 6.74. The number of ether oxygens (including phenoxy) is 1. The lowest BCUT2D eigenvalue weighted by atomic mass is 9.94. The standard InChI is InChI=1S/C19H28N2O4/c1-19(2,17(22)25-21-16-11-7-4-8-12-16)14-20-18(23)24-13-15-9-5-3-6-10-15/h3,5-6,9-10,16,21H,4,7-8,11-14H2,1-2H3,(H,20,23). The summed E-state index contributed by atoms with van der Waals surface area (Å²) < 4.78 is 5.14. The molecule has 0 atom stereocenters. The van der Waals surface area contributed by atoms with Crippen molar-refractivity contribution >= 4 is 12.1 Å². The molecule has 0 spiro atoms. The Hall–Kier alpha value is -2.08. The monoisotopic (exact) mass is 348 g/mol. The minimum absolute atomic E-state index is 0.145. The molecule has 1 saturated carbocycles. The van der Waals surface area contributed by atoms with Crippen molar-refractivity contribution in [3.63, 3.8) is 0 Å². The van der Waals surface area contributed by atoms with Crippen LogP contribution in [0.15, 0.2) is 30.3 Å². The number of alkyl carbamates (subject to hydrolysis) is 1. The van der Waals surface area contributed by atoms with Crippen LogP contribution in [-0.2, 0) is 21.0 Å². The second-order valence-corrected chi connectivity index (χ2v) is 7.14. The minimum Gasteiger partial charge on any atom is -0.445 e. The molecule has 1 aromatic carbocycles. The summed E-state index contributed by atoms with van der Waals surface area (Å²) in [6, 6.07) is 9.66. The molecule has 0 saturated heterocycles. The van der Waals surface area contributed by atoms with Gasteiger partial charge in [0.25, 0.3) is 0 Å². The maximum absolute atomic E-state index is 12.2. The highest BCUT2D eigenvalue weighted by molar-refractivity contribution is 5.77. The van der Waals surface area contributed by atoms with Crippen molar-refractivity contribution in [1.82, 2.24) is 10.8 Å². The zero-order valence-corrected chi connectivity index (χ0v) is 15.0. The van der Waals surface area contributed by atoms with Crippen LogP contribution in [0.2, 0.25) is 0 Å². The molecule has 1 aliphatic rings. The smallest absolute Gasteiger partial charge is 0.407 e. The van der Waals surface area contributed by atoms with Crippen LogP contribution in [0, 0.1) is 5.41 Å². The second kappa shape index (κ2) is 9.42. The summed E-state index contributed by atoms with van der Waals surface area (Å²) in [6.07, 6.45) is 5.06. The maximum atomic E-state index is 12.2. The topological polar surface area (TPSA) is 76.7 Å². The van der Waals surface area contributed by atoms with Crippen LogP contribution in [0.3, 0.4) is 0 Å². The van der Waals surface area contributed by atoms with Gasteiger partial charge in [-0.25, -0.2) is 9.59 Å². The fourth-order valence-electron chi connectivity index (χ4n) is 2.63. The van der Waals surface area contributed by atoms with Gasteiger partial charge in [0.2, 0.25) is 0 Å². The van der Waals surface area contributed by atoms with Crippen molar-refractivity contribution in [3.8, 4) is 0 Å². The molecule has 6 heteroatoms. The Morgan fingerprint density at radius 1 is 1.12 bits per heavy atom. The predicted molar refractivity (Wildman–Crippen MR) is 94.5 cm³/mol. The third-order valence-corrected chi connectivity index (χ3v) is 4.36. The number of hydrogen-bond donors (Lipinski definition) is 2. The molecular weight excluding hydrogens is 320 g/mol. The average Bonchev–Trinajstić information content (AvgIpc) is 2.64. The van der Waals surface area contributed by atoms with Crippen LogP contribution in [0.25, 0.3) is 0 Å². The lowest BCUT2D eigenvalue weighted by Crippen LogP contribution is -2.43. The lowest BCUT2D eigenvalue weighted by Gasteiger charge is -2.26. The van der Waals surface area contributed by atoms with Gasteiger partial charge < -0.3 is 14.9 Å². The van der Waals surface area contributed by atoms with Crippen molar-refractivity contribution in [2.24, 2.45) is 5.41 Å². The van der Waals surface area contributed by atoms with Gasteiger partial charge >= 0.3 is 12.1 Å². The molecule has 0 bridgehead atoms.